The Balaban J connectivity index is 2.55. The van der Waals surface area contributed by atoms with Gasteiger partial charge in [0, 0.05) is 6.54 Å². The molecule has 3 N–H and O–H groups in total. The van der Waals surface area contributed by atoms with Crippen LogP contribution in [0.1, 0.15) is 13.8 Å². The lowest BCUT2D eigenvalue weighted by atomic mass is 10.1. The highest BCUT2D eigenvalue weighted by atomic mass is 32.2. The Bertz CT molecular complexity index is 368. The molecular weight excluding hydrogens is 248 g/mol. The second-order valence-corrected chi connectivity index (χ2v) is 5.98. The maximum Gasteiger partial charge on any atom is 0.310 e. The Kier molecular flexibility index (Phi) is 4.87. The van der Waals surface area contributed by atoms with Crippen molar-refractivity contribution in [1.82, 2.24) is 9.44 Å². The van der Waals surface area contributed by atoms with E-state index < -0.39 is 28.1 Å². The summed E-state index contributed by atoms with van der Waals surface area (Å²) in [6.45, 7) is 4.18. The molecule has 1 aliphatic rings. The first-order valence-electron chi connectivity index (χ1n) is 5.39. The van der Waals surface area contributed by atoms with E-state index in [4.69, 9.17) is 9.84 Å². The molecule has 8 heteroatoms. The van der Waals surface area contributed by atoms with Gasteiger partial charge >= 0.3 is 5.97 Å². The molecule has 0 bridgehead atoms. The molecule has 0 aromatic carbocycles. The molecule has 1 saturated heterocycles. The zero-order chi connectivity index (χ0) is 13.1. The first kappa shape index (κ1) is 14.4. The number of nitrogens with one attached hydrogen (secondary N) is 2. The highest BCUT2D eigenvalue weighted by Crippen LogP contribution is 2.14. The van der Waals surface area contributed by atoms with E-state index in [0.717, 1.165) is 0 Å². The van der Waals surface area contributed by atoms with Crippen molar-refractivity contribution in [2.75, 3.05) is 19.8 Å². The molecule has 1 heterocycles. The van der Waals surface area contributed by atoms with Gasteiger partial charge in [0.25, 0.3) is 10.2 Å². The van der Waals surface area contributed by atoms with Crippen molar-refractivity contribution >= 4 is 16.2 Å². The Labute approximate surface area is 101 Å². The molecule has 0 aromatic rings. The maximum atomic E-state index is 11.6. The third kappa shape index (κ3) is 4.58. The van der Waals surface area contributed by atoms with Gasteiger partial charge in [-0.2, -0.15) is 13.1 Å². The minimum absolute atomic E-state index is 0.0344. The van der Waals surface area contributed by atoms with Gasteiger partial charge in [-0.05, 0) is 5.92 Å². The van der Waals surface area contributed by atoms with Crippen LogP contribution in [0.15, 0.2) is 0 Å². The second-order valence-electron chi connectivity index (χ2n) is 4.45. The Hall–Kier alpha value is -0.700. The third-order valence-corrected chi connectivity index (χ3v) is 3.55. The molecule has 1 rings (SSSR count). The molecule has 1 aliphatic heterocycles. The van der Waals surface area contributed by atoms with Crippen molar-refractivity contribution in [1.29, 1.82) is 0 Å². The minimum Gasteiger partial charge on any atom is -0.481 e. The van der Waals surface area contributed by atoms with Crippen LogP contribution in [0.25, 0.3) is 0 Å². The fourth-order valence-corrected chi connectivity index (χ4v) is 2.70. The van der Waals surface area contributed by atoms with Gasteiger partial charge in [-0.3, -0.25) is 4.79 Å². The van der Waals surface area contributed by atoms with Crippen LogP contribution in [0.3, 0.4) is 0 Å². The Morgan fingerprint density at radius 3 is 2.65 bits per heavy atom. The molecular formula is C9H18N2O5S. The Morgan fingerprint density at radius 1 is 1.47 bits per heavy atom. The number of ether oxygens (including phenoxy) is 1. The third-order valence-electron chi connectivity index (χ3n) is 2.39. The summed E-state index contributed by atoms with van der Waals surface area (Å²) >= 11 is 0. The van der Waals surface area contributed by atoms with Crippen LogP contribution >= 0.6 is 0 Å². The number of hydrogen-bond acceptors (Lipinski definition) is 4. The average Bonchev–Trinajstić information content (AvgIpc) is 2.62. The lowest BCUT2D eigenvalue weighted by molar-refractivity contribution is -0.142. The standard InChI is InChI=1S/C9H18N2O5S/c1-6(2)3-10-17(14,15)11-8-5-16-4-7(8)9(12)13/h6-8,10-11H,3-5H2,1-2H3,(H,12,13). The lowest BCUT2D eigenvalue weighted by Gasteiger charge is -2.16. The smallest absolute Gasteiger partial charge is 0.310 e. The summed E-state index contributed by atoms with van der Waals surface area (Å²) in [5.41, 5.74) is 0. The van der Waals surface area contributed by atoms with Gasteiger partial charge < -0.3 is 9.84 Å². The van der Waals surface area contributed by atoms with E-state index in [1.165, 1.54) is 0 Å². The van der Waals surface area contributed by atoms with Gasteiger partial charge in [-0.25, -0.2) is 4.72 Å². The molecule has 0 saturated carbocycles. The van der Waals surface area contributed by atoms with Gasteiger partial charge in [0.2, 0.25) is 0 Å². The molecule has 0 aromatic heterocycles. The summed E-state index contributed by atoms with van der Waals surface area (Å²) in [5.74, 6) is -1.70. The number of aliphatic carboxylic acids is 1. The predicted octanol–water partition coefficient (Wildman–Crippen LogP) is -0.834. The first-order chi connectivity index (χ1) is 7.82. The molecule has 0 radical (unpaired) electrons. The molecule has 2 atom stereocenters. The van der Waals surface area contributed by atoms with E-state index in [2.05, 4.69) is 9.44 Å². The predicted molar refractivity (Wildman–Crippen MR) is 60.6 cm³/mol. The fourth-order valence-electron chi connectivity index (χ4n) is 1.43. The highest BCUT2D eigenvalue weighted by molar-refractivity contribution is 7.87. The molecule has 17 heavy (non-hydrogen) atoms. The quantitative estimate of drug-likeness (QED) is 0.582. The van der Waals surface area contributed by atoms with Crippen molar-refractivity contribution in [2.45, 2.75) is 19.9 Å². The summed E-state index contributed by atoms with van der Waals surface area (Å²) in [4.78, 5) is 10.8. The molecule has 2 unspecified atom stereocenters. The summed E-state index contributed by atoms with van der Waals surface area (Å²) in [6, 6.07) is -0.711. The molecule has 1 fully saturated rings. The van der Waals surface area contributed by atoms with Gasteiger partial charge in [0.15, 0.2) is 0 Å². The van der Waals surface area contributed by atoms with E-state index in [0.29, 0.717) is 6.54 Å². The van der Waals surface area contributed by atoms with E-state index in [-0.39, 0.29) is 19.1 Å². The molecule has 7 nitrogen and oxygen atoms in total. The van der Waals surface area contributed by atoms with Crippen LogP contribution in [0.4, 0.5) is 0 Å². The molecule has 100 valence electrons. The minimum atomic E-state index is -3.67. The van der Waals surface area contributed by atoms with Crippen molar-refractivity contribution in [3.63, 3.8) is 0 Å². The van der Waals surface area contributed by atoms with Crippen LogP contribution in [0.5, 0.6) is 0 Å². The Morgan fingerprint density at radius 2 is 2.12 bits per heavy atom. The van der Waals surface area contributed by atoms with Crippen LogP contribution in [0.2, 0.25) is 0 Å². The lowest BCUT2D eigenvalue weighted by Crippen LogP contribution is -2.48. The topological polar surface area (TPSA) is 105 Å². The summed E-state index contributed by atoms with van der Waals surface area (Å²) in [7, 11) is -3.67. The van der Waals surface area contributed by atoms with Gasteiger partial charge in [0.05, 0.1) is 25.2 Å². The highest BCUT2D eigenvalue weighted by Gasteiger charge is 2.36. The summed E-state index contributed by atoms with van der Waals surface area (Å²) in [5, 5.41) is 8.86. The van der Waals surface area contributed by atoms with E-state index in [1.807, 2.05) is 13.8 Å². The van der Waals surface area contributed by atoms with E-state index >= 15 is 0 Å². The number of hydrogen-bond donors (Lipinski definition) is 3. The number of carbonyl (C=O) groups is 1. The summed E-state index contributed by atoms with van der Waals surface area (Å²) in [6.07, 6.45) is 0. The maximum absolute atomic E-state index is 11.6. The number of rotatable bonds is 6. The van der Waals surface area contributed by atoms with Crippen LogP contribution < -0.4 is 9.44 Å². The van der Waals surface area contributed by atoms with E-state index in [1.54, 1.807) is 0 Å². The first-order valence-corrected chi connectivity index (χ1v) is 6.87. The van der Waals surface area contributed by atoms with Gasteiger partial charge in [0.1, 0.15) is 0 Å². The molecule has 0 spiro atoms. The van der Waals surface area contributed by atoms with Crippen molar-refractivity contribution < 1.29 is 23.1 Å². The van der Waals surface area contributed by atoms with Gasteiger partial charge in [-0.1, -0.05) is 13.8 Å². The average molecular weight is 266 g/mol. The van der Waals surface area contributed by atoms with Crippen molar-refractivity contribution in [3.8, 4) is 0 Å². The van der Waals surface area contributed by atoms with Crippen LogP contribution in [-0.4, -0.2) is 45.3 Å². The number of carboxylic acid groups (broad SMARTS) is 1. The number of carboxylic acids is 1. The van der Waals surface area contributed by atoms with Gasteiger partial charge in [-0.15, -0.1) is 0 Å². The van der Waals surface area contributed by atoms with Crippen molar-refractivity contribution in [2.24, 2.45) is 11.8 Å². The molecule has 0 amide bonds. The SMILES string of the molecule is CC(C)CNS(=O)(=O)NC1COCC1C(=O)O. The zero-order valence-electron chi connectivity index (χ0n) is 9.84. The zero-order valence-corrected chi connectivity index (χ0v) is 10.7. The van der Waals surface area contributed by atoms with Crippen LogP contribution in [0, 0.1) is 11.8 Å². The monoisotopic (exact) mass is 266 g/mol. The normalized spacial score (nSPS) is 25.4. The summed E-state index contributed by atoms with van der Waals surface area (Å²) < 4.78 is 32.8. The van der Waals surface area contributed by atoms with Crippen LogP contribution in [-0.2, 0) is 19.7 Å². The molecule has 0 aliphatic carbocycles. The second kappa shape index (κ2) is 5.76. The van der Waals surface area contributed by atoms with Crippen molar-refractivity contribution in [3.05, 3.63) is 0 Å². The van der Waals surface area contributed by atoms with E-state index in [9.17, 15) is 13.2 Å². The fraction of sp³-hybridized carbons (Fsp3) is 0.889. The largest absolute Gasteiger partial charge is 0.481 e.